The highest BCUT2D eigenvalue weighted by molar-refractivity contribution is 6.07. The van der Waals surface area contributed by atoms with Crippen molar-refractivity contribution >= 4 is 11.9 Å². The zero-order valence-electron chi connectivity index (χ0n) is 19.8. The van der Waals surface area contributed by atoms with E-state index in [1.165, 1.54) is 33.4 Å². The number of rotatable bonds is 7. The lowest BCUT2D eigenvalue weighted by atomic mass is 10.00. The Hall–Kier alpha value is -2.94. The second kappa shape index (κ2) is 10.4. The highest BCUT2D eigenvalue weighted by atomic mass is 15.1. The van der Waals surface area contributed by atoms with Gasteiger partial charge < -0.3 is 4.90 Å². The second-order valence-electron chi connectivity index (χ2n) is 8.74. The minimum Gasteiger partial charge on any atom is -0.363 e. The molecule has 0 N–H and O–H groups in total. The molecule has 0 atom stereocenters. The Labute approximate surface area is 187 Å². The van der Waals surface area contributed by atoms with Crippen molar-refractivity contribution in [2.45, 2.75) is 46.5 Å². The predicted molar refractivity (Wildman–Crippen MR) is 134 cm³/mol. The van der Waals surface area contributed by atoms with E-state index >= 15 is 0 Å². The third kappa shape index (κ3) is 5.61. The van der Waals surface area contributed by atoms with Gasteiger partial charge in [0.05, 0.1) is 5.69 Å². The fraction of sp³-hybridized carbons (Fsp3) is 0.357. The first kappa shape index (κ1) is 22.7. The van der Waals surface area contributed by atoms with Crippen molar-refractivity contribution in [3.8, 4) is 11.1 Å². The van der Waals surface area contributed by atoms with Gasteiger partial charge in [-0.05, 0) is 84.7 Å². The third-order valence-corrected chi connectivity index (χ3v) is 5.65. The van der Waals surface area contributed by atoms with Gasteiger partial charge in [-0.25, -0.2) is 0 Å². The monoisotopic (exact) mass is 413 g/mol. The van der Waals surface area contributed by atoms with Crippen LogP contribution in [0.3, 0.4) is 0 Å². The van der Waals surface area contributed by atoms with Gasteiger partial charge in [0.2, 0.25) is 0 Å². The first-order chi connectivity index (χ1) is 14.9. The molecule has 162 valence electrons. The molecule has 0 fully saturated rings. The number of aromatic nitrogens is 1. The first-order valence-corrected chi connectivity index (χ1v) is 11.2. The molecule has 0 radical (unpaired) electrons. The van der Waals surface area contributed by atoms with Crippen LogP contribution in [0, 0.1) is 13.8 Å². The van der Waals surface area contributed by atoms with Gasteiger partial charge in [0, 0.05) is 32.4 Å². The molecular formula is C28H35N3. The molecule has 3 nitrogen and oxygen atoms in total. The second-order valence-corrected chi connectivity index (χ2v) is 8.74. The van der Waals surface area contributed by atoms with Crippen LogP contribution in [0.2, 0.25) is 0 Å². The Morgan fingerprint density at radius 3 is 2.55 bits per heavy atom. The van der Waals surface area contributed by atoms with Crippen molar-refractivity contribution in [3.05, 3.63) is 82.7 Å². The third-order valence-electron chi connectivity index (χ3n) is 5.65. The van der Waals surface area contributed by atoms with Crippen LogP contribution in [0.1, 0.15) is 60.6 Å². The molecule has 0 amide bonds. The summed E-state index contributed by atoms with van der Waals surface area (Å²) in [7, 11) is 4.18. The van der Waals surface area contributed by atoms with Crippen LogP contribution in [0.25, 0.3) is 17.2 Å². The average molecular weight is 414 g/mol. The lowest BCUT2D eigenvalue weighted by Gasteiger charge is -2.17. The fourth-order valence-electron chi connectivity index (χ4n) is 3.91. The molecule has 3 heteroatoms. The molecular weight excluding hydrogens is 378 g/mol. The molecule has 2 aliphatic rings. The number of fused-ring (bicyclic) bond motifs is 1. The summed E-state index contributed by atoms with van der Waals surface area (Å²) in [6.45, 7) is 9.74. The molecule has 1 aromatic heterocycles. The standard InChI is InChI=1S/C28H35N3/c1-20(2)23-15-14-21(3)27-25(19-23)22(4)18-26(27)28(31(5)6)30-17-10-7-8-12-24-13-9-11-16-29-24/h8-9,11-16,18-20H,7,10,17H2,1-6H3. The van der Waals surface area contributed by atoms with Crippen molar-refractivity contribution in [3.63, 3.8) is 0 Å². The van der Waals surface area contributed by atoms with Crippen LogP contribution in [-0.4, -0.2) is 36.4 Å². The number of pyridine rings is 1. The number of aliphatic imine (C=N–C) groups is 1. The molecule has 0 aliphatic heterocycles. The molecule has 0 saturated carbocycles. The van der Waals surface area contributed by atoms with E-state index in [1.54, 1.807) is 0 Å². The maximum Gasteiger partial charge on any atom is 0.131 e. The van der Waals surface area contributed by atoms with E-state index in [-0.39, 0.29) is 0 Å². The zero-order valence-corrected chi connectivity index (χ0v) is 19.8. The number of hydrogen-bond donors (Lipinski definition) is 0. The minimum absolute atomic E-state index is 0.508. The summed E-state index contributed by atoms with van der Waals surface area (Å²) in [4.78, 5) is 11.5. The van der Waals surface area contributed by atoms with Gasteiger partial charge in [0.25, 0.3) is 0 Å². The molecule has 0 spiro atoms. The number of nitrogens with zero attached hydrogens (tertiary/aromatic N) is 3. The zero-order chi connectivity index (χ0) is 22.4. The summed E-state index contributed by atoms with van der Waals surface area (Å²) in [6, 6.07) is 15.2. The predicted octanol–water partition coefficient (Wildman–Crippen LogP) is 6.73. The van der Waals surface area contributed by atoms with Crippen LogP contribution < -0.4 is 0 Å². The van der Waals surface area contributed by atoms with Gasteiger partial charge >= 0.3 is 0 Å². The van der Waals surface area contributed by atoms with Gasteiger partial charge in [0.15, 0.2) is 0 Å². The fourth-order valence-corrected chi connectivity index (χ4v) is 3.91. The smallest absolute Gasteiger partial charge is 0.131 e. The van der Waals surface area contributed by atoms with Gasteiger partial charge in [-0.15, -0.1) is 0 Å². The maximum absolute atomic E-state index is 5.01. The van der Waals surface area contributed by atoms with Crippen LogP contribution in [0.4, 0.5) is 0 Å². The first-order valence-electron chi connectivity index (χ1n) is 11.2. The topological polar surface area (TPSA) is 28.5 Å². The summed E-state index contributed by atoms with van der Waals surface area (Å²) in [6.07, 6.45) is 8.11. The normalized spacial score (nSPS) is 12.3. The van der Waals surface area contributed by atoms with Crippen molar-refractivity contribution in [2.24, 2.45) is 4.99 Å². The highest BCUT2D eigenvalue weighted by Crippen LogP contribution is 2.36. The average Bonchev–Trinajstić information content (AvgIpc) is 2.94. The minimum atomic E-state index is 0.508. The van der Waals surface area contributed by atoms with Crippen LogP contribution in [0.5, 0.6) is 0 Å². The van der Waals surface area contributed by atoms with Crippen molar-refractivity contribution in [2.75, 3.05) is 20.6 Å². The van der Waals surface area contributed by atoms with Crippen molar-refractivity contribution in [1.29, 1.82) is 0 Å². The number of allylic oxidation sites excluding steroid dienone is 1. The Kier molecular flexibility index (Phi) is 7.62. The summed E-state index contributed by atoms with van der Waals surface area (Å²) in [5, 5.41) is 0. The Morgan fingerprint density at radius 2 is 1.87 bits per heavy atom. The molecule has 2 aliphatic carbocycles. The van der Waals surface area contributed by atoms with Crippen LogP contribution in [-0.2, 0) is 0 Å². The van der Waals surface area contributed by atoms with Crippen molar-refractivity contribution < 1.29 is 0 Å². The Bertz CT molecular complexity index is 1030. The van der Waals surface area contributed by atoms with Gasteiger partial charge in [0.1, 0.15) is 5.84 Å². The van der Waals surface area contributed by atoms with Gasteiger partial charge in [-0.2, -0.15) is 0 Å². The lowest BCUT2D eigenvalue weighted by molar-refractivity contribution is 0.617. The molecule has 0 saturated heterocycles. The molecule has 0 unspecified atom stereocenters. The molecule has 0 bridgehead atoms. The molecule has 1 aromatic rings. The Morgan fingerprint density at radius 1 is 1.06 bits per heavy atom. The molecule has 3 rings (SSSR count). The summed E-state index contributed by atoms with van der Waals surface area (Å²) >= 11 is 0. The largest absolute Gasteiger partial charge is 0.363 e. The maximum atomic E-state index is 5.01. The number of unbranched alkanes of at least 4 members (excludes halogenated alkanes) is 1. The van der Waals surface area contributed by atoms with E-state index < -0.39 is 0 Å². The molecule has 0 aromatic carbocycles. The summed E-state index contributed by atoms with van der Waals surface area (Å²) in [5.41, 5.74) is 8.91. The van der Waals surface area contributed by atoms with E-state index in [1.807, 2.05) is 24.4 Å². The Balaban J connectivity index is 1.81. The van der Waals surface area contributed by atoms with Gasteiger partial charge in [-0.3, -0.25) is 9.98 Å². The summed E-state index contributed by atoms with van der Waals surface area (Å²) < 4.78 is 0. The van der Waals surface area contributed by atoms with E-state index in [0.29, 0.717) is 5.92 Å². The molecule has 31 heavy (non-hydrogen) atoms. The highest BCUT2D eigenvalue weighted by Gasteiger charge is 2.20. The number of aryl methyl sites for hydroxylation is 2. The van der Waals surface area contributed by atoms with E-state index in [0.717, 1.165) is 30.9 Å². The lowest BCUT2D eigenvalue weighted by Crippen LogP contribution is -2.23. The van der Waals surface area contributed by atoms with E-state index in [2.05, 4.69) is 88.1 Å². The SMILES string of the molecule is Cc1cc(C(=NCCCC=Cc2ccccn2)N(C)C)c2c(C)ccc(C(C)C)cc1-2. The molecule has 1 heterocycles. The quantitative estimate of drug-likeness (QED) is 0.244. The number of hydrogen-bond acceptors (Lipinski definition) is 2. The van der Waals surface area contributed by atoms with Gasteiger partial charge in [-0.1, -0.05) is 44.2 Å². The van der Waals surface area contributed by atoms with E-state index in [4.69, 9.17) is 4.99 Å². The van der Waals surface area contributed by atoms with Crippen LogP contribution in [0.15, 0.2) is 59.7 Å². The van der Waals surface area contributed by atoms with Crippen LogP contribution >= 0.6 is 0 Å². The van der Waals surface area contributed by atoms with E-state index in [9.17, 15) is 0 Å². The van der Waals surface area contributed by atoms with Crippen molar-refractivity contribution in [1.82, 2.24) is 9.88 Å². The number of amidine groups is 1. The summed E-state index contributed by atoms with van der Waals surface area (Å²) in [5.74, 6) is 1.57.